The minimum Gasteiger partial charge on any atom is -0.296 e. The predicted octanol–water partition coefficient (Wildman–Crippen LogP) is 1.44. The molecule has 0 aliphatic heterocycles. The van der Waals surface area contributed by atoms with Crippen molar-refractivity contribution in [3.8, 4) is 0 Å². The van der Waals surface area contributed by atoms with E-state index in [9.17, 15) is 4.79 Å². The first-order valence-corrected chi connectivity index (χ1v) is 3.57. The number of nitrogens with zero attached hydrogens (tertiary/aromatic N) is 2. The first-order valence-electron chi connectivity index (χ1n) is 3.57. The lowest BCUT2D eigenvalue weighted by molar-refractivity contribution is 0.112. The van der Waals surface area contributed by atoms with Crippen LogP contribution < -0.4 is 0 Å². The van der Waals surface area contributed by atoms with Crippen molar-refractivity contribution in [1.29, 1.82) is 0 Å². The smallest absolute Gasteiger partial charge is 0.170 e. The molecule has 3 heteroatoms. The number of aromatic nitrogens is 2. The van der Waals surface area contributed by atoms with Crippen LogP contribution in [0.2, 0.25) is 0 Å². The SMILES string of the molecule is O=Cc1nncc2ccccc12. The second-order valence-electron chi connectivity index (χ2n) is 2.43. The third kappa shape index (κ3) is 0.955. The Labute approximate surface area is 69.0 Å². The number of hydrogen-bond donors (Lipinski definition) is 0. The van der Waals surface area contributed by atoms with Crippen molar-refractivity contribution >= 4 is 17.1 Å². The van der Waals surface area contributed by atoms with Gasteiger partial charge >= 0.3 is 0 Å². The van der Waals surface area contributed by atoms with Crippen LogP contribution in [0.4, 0.5) is 0 Å². The average molecular weight is 158 g/mol. The first kappa shape index (κ1) is 6.91. The third-order valence-corrected chi connectivity index (χ3v) is 1.71. The highest BCUT2D eigenvalue weighted by molar-refractivity contribution is 5.95. The summed E-state index contributed by atoms with van der Waals surface area (Å²) in [5, 5.41) is 9.20. The van der Waals surface area contributed by atoms with Gasteiger partial charge in [0.1, 0.15) is 5.69 Å². The number of fused-ring (bicyclic) bond motifs is 1. The molecule has 0 bridgehead atoms. The van der Waals surface area contributed by atoms with Gasteiger partial charge in [-0.3, -0.25) is 4.79 Å². The number of carbonyl (C=O) groups excluding carboxylic acids is 1. The van der Waals surface area contributed by atoms with E-state index < -0.39 is 0 Å². The van der Waals surface area contributed by atoms with Crippen molar-refractivity contribution in [2.24, 2.45) is 0 Å². The van der Waals surface area contributed by atoms with Gasteiger partial charge < -0.3 is 0 Å². The Balaban J connectivity index is 2.88. The van der Waals surface area contributed by atoms with Crippen LogP contribution in [0.25, 0.3) is 10.8 Å². The maximum atomic E-state index is 10.5. The molecule has 58 valence electrons. The van der Waals surface area contributed by atoms with Crippen molar-refractivity contribution < 1.29 is 4.79 Å². The Hall–Kier alpha value is -1.77. The summed E-state index contributed by atoms with van der Waals surface area (Å²) in [4.78, 5) is 10.5. The van der Waals surface area contributed by atoms with Gasteiger partial charge in [-0.25, -0.2) is 0 Å². The molecule has 0 radical (unpaired) electrons. The van der Waals surface area contributed by atoms with Crippen LogP contribution >= 0.6 is 0 Å². The minimum absolute atomic E-state index is 0.396. The Bertz CT molecular complexity index is 420. The molecule has 0 unspecified atom stereocenters. The molecule has 2 aromatic rings. The van der Waals surface area contributed by atoms with E-state index in [1.807, 2.05) is 24.3 Å². The molecular formula is C9H6N2O. The number of hydrogen-bond acceptors (Lipinski definition) is 3. The number of rotatable bonds is 1. The van der Waals surface area contributed by atoms with Crippen LogP contribution in [-0.2, 0) is 0 Å². The molecule has 1 aromatic heterocycles. The van der Waals surface area contributed by atoms with Gasteiger partial charge in [0.15, 0.2) is 6.29 Å². The van der Waals surface area contributed by atoms with Gasteiger partial charge in [-0.05, 0) is 0 Å². The second kappa shape index (κ2) is 2.70. The van der Waals surface area contributed by atoms with Crippen molar-refractivity contribution in [2.45, 2.75) is 0 Å². The summed E-state index contributed by atoms with van der Waals surface area (Å²) in [6.45, 7) is 0. The van der Waals surface area contributed by atoms with Crippen LogP contribution in [0, 0.1) is 0 Å². The highest BCUT2D eigenvalue weighted by atomic mass is 16.1. The van der Waals surface area contributed by atoms with Gasteiger partial charge in [0.05, 0.1) is 6.20 Å². The Morgan fingerprint density at radius 2 is 2.08 bits per heavy atom. The predicted molar refractivity (Wildman–Crippen MR) is 44.9 cm³/mol. The van der Waals surface area contributed by atoms with E-state index in [0.29, 0.717) is 5.69 Å². The molecule has 2 rings (SSSR count). The molecule has 0 aliphatic rings. The summed E-state index contributed by atoms with van der Waals surface area (Å²) in [7, 11) is 0. The lowest BCUT2D eigenvalue weighted by Crippen LogP contribution is -1.91. The first-order chi connectivity index (χ1) is 5.92. The van der Waals surface area contributed by atoms with Crippen LogP contribution in [0.5, 0.6) is 0 Å². The maximum Gasteiger partial charge on any atom is 0.170 e. The van der Waals surface area contributed by atoms with Gasteiger partial charge in [-0.15, -0.1) is 5.10 Å². The maximum absolute atomic E-state index is 10.5. The van der Waals surface area contributed by atoms with Gasteiger partial charge in [0.2, 0.25) is 0 Å². The molecule has 0 atom stereocenters. The molecule has 0 saturated carbocycles. The molecule has 12 heavy (non-hydrogen) atoms. The summed E-state index contributed by atoms with van der Waals surface area (Å²) in [6.07, 6.45) is 2.36. The molecule has 3 nitrogen and oxygen atoms in total. The monoisotopic (exact) mass is 158 g/mol. The van der Waals surface area contributed by atoms with Crippen molar-refractivity contribution in [2.75, 3.05) is 0 Å². The Kier molecular flexibility index (Phi) is 1.55. The molecule has 0 aliphatic carbocycles. The Morgan fingerprint density at radius 3 is 2.92 bits per heavy atom. The zero-order valence-electron chi connectivity index (χ0n) is 6.27. The summed E-state index contributed by atoms with van der Waals surface area (Å²) < 4.78 is 0. The largest absolute Gasteiger partial charge is 0.296 e. The van der Waals surface area contributed by atoms with E-state index in [1.54, 1.807) is 6.20 Å². The minimum atomic E-state index is 0.396. The lowest BCUT2D eigenvalue weighted by Gasteiger charge is -1.95. The number of benzene rings is 1. The van der Waals surface area contributed by atoms with Gasteiger partial charge in [-0.2, -0.15) is 5.10 Å². The van der Waals surface area contributed by atoms with Gasteiger partial charge in [0.25, 0.3) is 0 Å². The summed E-state index contributed by atoms with van der Waals surface area (Å²) in [5.74, 6) is 0. The fraction of sp³-hybridized carbons (Fsp3) is 0. The van der Waals surface area contributed by atoms with E-state index in [2.05, 4.69) is 10.2 Å². The lowest BCUT2D eigenvalue weighted by atomic mass is 10.1. The fourth-order valence-corrected chi connectivity index (χ4v) is 1.14. The molecule has 0 fully saturated rings. The molecular weight excluding hydrogens is 152 g/mol. The molecule has 1 aromatic carbocycles. The highest BCUT2D eigenvalue weighted by Crippen LogP contribution is 2.12. The molecule has 1 heterocycles. The quantitative estimate of drug-likeness (QED) is 0.590. The standard InChI is InChI=1S/C9H6N2O/c12-6-9-8-4-2-1-3-7(8)5-10-11-9/h1-6H. The summed E-state index contributed by atoms with van der Waals surface area (Å²) >= 11 is 0. The average Bonchev–Trinajstić information content (AvgIpc) is 2.17. The number of carbonyl (C=O) groups is 1. The molecule has 0 N–H and O–H groups in total. The zero-order chi connectivity index (χ0) is 8.39. The van der Waals surface area contributed by atoms with Crippen molar-refractivity contribution in [3.63, 3.8) is 0 Å². The van der Waals surface area contributed by atoms with E-state index >= 15 is 0 Å². The van der Waals surface area contributed by atoms with E-state index in [1.165, 1.54) is 0 Å². The Morgan fingerprint density at radius 1 is 1.25 bits per heavy atom. The molecule has 0 amide bonds. The highest BCUT2D eigenvalue weighted by Gasteiger charge is 1.99. The third-order valence-electron chi connectivity index (χ3n) is 1.71. The van der Waals surface area contributed by atoms with E-state index in [4.69, 9.17) is 0 Å². The van der Waals surface area contributed by atoms with Crippen LogP contribution in [0.1, 0.15) is 10.5 Å². The fourth-order valence-electron chi connectivity index (χ4n) is 1.14. The van der Waals surface area contributed by atoms with Crippen LogP contribution in [0.15, 0.2) is 30.5 Å². The molecule has 0 spiro atoms. The van der Waals surface area contributed by atoms with Gasteiger partial charge in [0, 0.05) is 10.8 Å². The zero-order valence-corrected chi connectivity index (χ0v) is 6.27. The van der Waals surface area contributed by atoms with Crippen molar-refractivity contribution in [1.82, 2.24) is 10.2 Å². The van der Waals surface area contributed by atoms with Crippen molar-refractivity contribution in [3.05, 3.63) is 36.2 Å². The molecule has 0 saturated heterocycles. The van der Waals surface area contributed by atoms with Crippen LogP contribution in [-0.4, -0.2) is 16.5 Å². The van der Waals surface area contributed by atoms with E-state index in [0.717, 1.165) is 17.1 Å². The topological polar surface area (TPSA) is 42.9 Å². The van der Waals surface area contributed by atoms with Crippen LogP contribution in [0.3, 0.4) is 0 Å². The normalized spacial score (nSPS) is 10.0. The summed E-state index contributed by atoms with van der Waals surface area (Å²) in [6, 6.07) is 7.53. The summed E-state index contributed by atoms with van der Waals surface area (Å²) in [5.41, 5.74) is 0.396. The second-order valence-corrected chi connectivity index (χ2v) is 2.43. The number of aldehydes is 1. The van der Waals surface area contributed by atoms with Gasteiger partial charge in [-0.1, -0.05) is 24.3 Å². The van der Waals surface area contributed by atoms with E-state index in [-0.39, 0.29) is 0 Å².